The number of halogens is 3. The molecule has 0 aliphatic carbocycles. The molecule has 5 nitrogen and oxygen atoms in total. The van der Waals surface area contributed by atoms with Crippen LogP contribution in [0.4, 0.5) is 29.5 Å². The molecule has 0 radical (unpaired) electrons. The van der Waals surface area contributed by atoms with Crippen LogP contribution in [0, 0.1) is 5.82 Å². The van der Waals surface area contributed by atoms with Gasteiger partial charge in [0.1, 0.15) is 17.3 Å². The van der Waals surface area contributed by atoms with Crippen molar-refractivity contribution in [3.63, 3.8) is 0 Å². The van der Waals surface area contributed by atoms with Crippen LogP contribution >= 0.6 is 0 Å². The Kier molecular flexibility index (Phi) is 3.92. The molecule has 0 saturated heterocycles. The van der Waals surface area contributed by atoms with Gasteiger partial charge in [-0.2, -0.15) is 5.10 Å². The Hall–Kier alpha value is -2.51. The summed E-state index contributed by atoms with van der Waals surface area (Å²) in [6.45, 7) is 0. The summed E-state index contributed by atoms with van der Waals surface area (Å²) in [6.07, 6.45) is -2.72. The smallest absolute Gasteiger partial charge is 0.308 e. The molecule has 8 heteroatoms. The highest BCUT2D eigenvalue weighted by Gasteiger charge is 2.15. The lowest BCUT2D eigenvalue weighted by Crippen LogP contribution is -2.21. The van der Waals surface area contributed by atoms with Gasteiger partial charge in [-0.3, -0.25) is 10.00 Å². The van der Waals surface area contributed by atoms with Crippen LogP contribution in [-0.2, 0) is 7.05 Å². The molecule has 0 aliphatic rings. The lowest BCUT2D eigenvalue weighted by atomic mass is 10.3. The van der Waals surface area contributed by atoms with Crippen LogP contribution in [0.1, 0.15) is 12.1 Å². The molecule has 0 atom stereocenters. The van der Waals surface area contributed by atoms with Gasteiger partial charge in [0.05, 0.1) is 0 Å². The third-order valence-corrected chi connectivity index (χ3v) is 2.45. The first-order valence-corrected chi connectivity index (χ1v) is 5.61. The molecule has 1 aromatic carbocycles. The van der Waals surface area contributed by atoms with Gasteiger partial charge in [0.15, 0.2) is 0 Å². The SMILES string of the molecule is Cn1nc(C(F)F)cc1NC(=O)Nc1cccc(F)c1. The molecule has 1 heterocycles. The number of nitrogens with one attached hydrogen (secondary N) is 2. The number of nitrogens with zero attached hydrogens (tertiary/aromatic N) is 2. The summed E-state index contributed by atoms with van der Waals surface area (Å²) in [6, 6.07) is 5.68. The van der Waals surface area contributed by atoms with Crippen LogP contribution in [0.25, 0.3) is 0 Å². The van der Waals surface area contributed by atoms with Gasteiger partial charge in [-0.05, 0) is 18.2 Å². The van der Waals surface area contributed by atoms with Gasteiger partial charge < -0.3 is 5.32 Å². The van der Waals surface area contributed by atoms with Gasteiger partial charge in [-0.1, -0.05) is 6.07 Å². The number of urea groups is 1. The molecule has 2 amide bonds. The Morgan fingerprint density at radius 2 is 2.05 bits per heavy atom. The summed E-state index contributed by atoms with van der Waals surface area (Å²) in [7, 11) is 1.42. The lowest BCUT2D eigenvalue weighted by Gasteiger charge is -2.07. The zero-order valence-electron chi connectivity index (χ0n) is 10.4. The van der Waals surface area contributed by atoms with E-state index in [0.29, 0.717) is 0 Å². The number of carbonyl (C=O) groups excluding carboxylic acids is 1. The number of benzene rings is 1. The molecule has 0 unspecified atom stereocenters. The average Bonchev–Trinajstić information content (AvgIpc) is 2.71. The quantitative estimate of drug-likeness (QED) is 0.909. The van der Waals surface area contributed by atoms with Crippen LogP contribution in [0.5, 0.6) is 0 Å². The second kappa shape index (κ2) is 5.64. The van der Waals surface area contributed by atoms with E-state index in [-0.39, 0.29) is 11.5 Å². The third-order valence-electron chi connectivity index (χ3n) is 2.45. The second-order valence-corrected chi connectivity index (χ2v) is 3.97. The fourth-order valence-electron chi connectivity index (χ4n) is 1.56. The zero-order valence-corrected chi connectivity index (χ0v) is 10.4. The van der Waals surface area contributed by atoms with E-state index in [1.54, 1.807) is 0 Å². The number of alkyl halides is 2. The van der Waals surface area contributed by atoms with Gasteiger partial charge in [-0.25, -0.2) is 18.0 Å². The van der Waals surface area contributed by atoms with Crippen LogP contribution < -0.4 is 10.6 Å². The minimum absolute atomic E-state index is 0.106. The first kappa shape index (κ1) is 13.9. The molecule has 106 valence electrons. The largest absolute Gasteiger partial charge is 0.324 e. The highest BCUT2D eigenvalue weighted by molar-refractivity contribution is 5.99. The van der Waals surface area contributed by atoms with E-state index < -0.39 is 24.0 Å². The molecule has 20 heavy (non-hydrogen) atoms. The van der Waals surface area contributed by atoms with Crippen molar-refractivity contribution in [1.82, 2.24) is 9.78 Å². The van der Waals surface area contributed by atoms with Crippen molar-refractivity contribution < 1.29 is 18.0 Å². The van der Waals surface area contributed by atoms with Crippen molar-refractivity contribution in [2.24, 2.45) is 7.05 Å². The van der Waals surface area contributed by atoms with E-state index in [1.165, 1.54) is 25.2 Å². The number of anilines is 2. The summed E-state index contributed by atoms with van der Waals surface area (Å²) in [5, 5.41) is 8.27. The Balaban J connectivity index is 2.05. The lowest BCUT2D eigenvalue weighted by molar-refractivity contribution is 0.145. The molecule has 0 bridgehead atoms. The van der Waals surface area contributed by atoms with Crippen molar-refractivity contribution >= 4 is 17.5 Å². The van der Waals surface area contributed by atoms with Gasteiger partial charge in [0, 0.05) is 18.8 Å². The van der Waals surface area contributed by atoms with E-state index in [2.05, 4.69) is 15.7 Å². The molecule has 0 spiro atoms. The highest BCUT2D eigenvalue weighted by Crippen LogP contribution is 2.20. The molecule has 1 aromatic heterocycles. The number of amides is 2. The first-order chi connectivity index (χ1) is 9.45. The standard InChI is InChI=1S/C12H11F3N4O/c1-19-10(6-9(18-19)11(14)15)17-12(20)16-8-4-2-3-7(13)5-8/h2-6,11H,1H3,(H2,16,17,20). The van der Waals surface area contributed by atoms with Gasteiger partial charge >= 0.3 is 6.03 Å². The van der Waals surface area contributed by atoms with E-state index >= 15 is 0 Å². The van der Waals surface area contributed by atoms with Crippen molar-refractivity contribution in [2.75, 3.05) is 10.6 Å². The Labute approximate surface area is 112 Å². The Morgan fingerprint density at radius 3 is 2.65 bits per heavy atom. The van der Waals surface area contributed by atoms with Crippen LogP contribution in [0.3, 0.4) is 0 Å². The van der Waals surface area contributed by atoms with Crippen LogP contribution in [0.15, 0.2) is 30.3 Å². The summed E-state index contributed by atoms with van der Waals surface area (Å²) in [5.74, 6) is -0.391. The molecule has 2 rings (SSSR count). The zero-order chi connectivity index (χ0) is 14.7. The van der Waals surface area contributed by atoms with Crippen molar-refractivity contribution in [2.45, 2.75) is 6.43 Å². The van der Waals surface area contributed by atoms with Gasteiger partial charge in [-0.15, -0.1) is 0 Å². The van der Waals surface area contributed by atoms with Crippen molar-refractivity contribution in [1.29, 1.82) is 0 Å². The van der Waals surface area contributed by atoms with Gasteiger partial charge in [0.2, 0.25) is 0 Å². The average molecular weight is 284 g/mol. The molecular formula is C12H11F3N4O. The number of hydrogen-bond donors (Lipinski definition) is 2. The van der Waals surface area contributed by atoms with Crippen molar-refractivity contribution in [3.8, 4) is 0 Å². The topological polar surface area (TPSA) is 59.0 Å². The molecular weight excluding hydrogens is 273 g/mol. The number of rotatable bonds is 3. The molecule has 0 saturated carbocycles. The fraction of sp³-hybridized carbons (Fsp3) is 0.167. The number of carbonyl (C=O) groups is 1. The Morgan fingerprint density at radius 1 is 1.30 bits per heavy atom. The molecule has 0 aliphatic heterocycles. The number of aromatic nitrogens is 2. The maximum atomic E-state index is 12.9. The molecule has 2 aromatic rings. The summed E-state index contributed by atoms with van der Waals surface area (Å²) in [5.41, 5.74) is -0.188. The molecule has 0 fully saturated rings. The van der Waals surface area contributed by atoms with E-state index in [4.69, 9.17) is 0 Å². The summed E-state index contributed by atoms with van der Waals surface area (Å²) in [4.78, 5) is 11.7. The monoisotopic (exact) mass is 284 g/mol. The van der Waals surface area contributed by atoms with Crippen LogP contribution in [-0.4, -0.2) is 15.8 Å². The minimum atomic E-state index is -2.72. The van der Waals surface area contributed by atoms with E-state index in [0.717, 1.165) is 16.8 Å². The van der Waals surface area contributed by atoms with E-state index in [1.807, 2.05) is 0 Å². The predicted octanol–water partition coefficient (Wildman–Crippen LogP) is 3.14. The van der Waals surface area contributed by atoms with E-state index in [9.17, 15) is 18.0 Å². The molecule has 2 N–H and O–H groups in total. The number of hydrogen-bond acceptors (Lipinski definition) is 2. The van der Waals surface area contributed by atoms with Crippen molar-refractivity contribution in [3.05, 3.63) is 41.8 Å². The second-order valence-electron chi connectivity index (χ2n) is 3.97. The first-order valence-electron chi connectivity index (χ1n) is 5.61. The van der Waals surface area contributed by atoms with Crippen LogP contribution in [0.2, 0.25) is 0 Å². The third kappa shape index (κ3) is 3.28. The summed E-state index contributed by atoms with van der Waals surface area (Å²) >= 11 is 0. The maximum absolute atomic E-state index is 12.9. The normalized spacial score (nSPS) is 10.7. The highest BCUT2D eigenvalue weighted by atomic mass is 19.3. The minimum Gasteiger partial charge on any atom is -0.308 e. The number of aryl methyl sites for hydroxylation is 1. The fourth-order valence-corrected chi connectivity index (χ4v) is 1.56. The Bertz CT molecular complexity index is 627. The predicted molar refractivity (Wildman–Crippen MR) is 67.2 cm³/mol. The summed E-state index contributed by atoms with van der Waals surface area (Å²) < 4.78 is 38.9. The van der Waals surface area contributed by atoms with Gasteiger partial charge in [0.25, 0.3) is 6.43 Å². The maximum Gasteiger partial charge on any atom is 0.324 e.